The van der Waals surface area contributed by atoms with Gasteiger partial charge in [-0.2, -0.15) is 0 Å². The summed E-state index contributed by atoms with van der Waals surface area (Å²) in [4.78, 5) is 4.30. The van der Waals surface area contributed by atoms with Gasteiger partial charge in [0.15, 0.2) is 11.5 Å². The molecule has 0 spiro atoms. The SMILES string of the molecule is COc1cc(-c2ccc(SCc3ccccn3)nn2)cc(OC)c1OC. The maximum atomic E-state index is 5.39. The van der Waals surface area contributed by atoms with Crippen molar-refractivity contribution in [2.24, 2.45) is 0 Å². The standard InChI is InChI=1S/C19H19N3O3S/c1-23-16-10-13(11-17(24-2)19(16)25-3)15-7-8-18(22-21-15)26-12-14-6-4-5-9-20-14/h4-11H,12H2,1-3H3. The molecule has 0 unspecified atom stereocenters. The summed E-state index contributed by atoms with van der Waals surface area (Å²) in [6, 6.07) is 13.4. The van der Waals surface area contributed by atoms with E-state index in [-0.39, 0.29) is 0 Å². The summed E-state index contributed by atoms with van der Waals surface area (Å²) < 4.78 is 16.1. The van der Waals surface area contributed by atoms with Crippen LogP contribution in [0.1, 0.15) is 5.69 Å². The van der Waals surface area contributed by atoms with Crippen LogP contribution in [0.15, 0.2) is 53.7 Å². The molecule has 7 heteroatoms. The van der Waals surface area contributed by atoms with Crippen molar-refractivity contribution in [1.82, 2.24) is 15.2 Å². The first-order chi connectivity index (χ1) is 12.7. The van der Waals surface area contributed by atoms with Gasteiger partial charge in [-0.3, -0.25) is 4.98 Å². The third-order valence-corrected chi connectivity index (χ3v) is 4.65. The number of nitrogens with zero attached hydrogens (tertiary/aromatic N) is 3. The number of hydrogen-bond donors (Lipinski definition) is 0. The van der Waals surface area contributed by atoms with E-state index < -0.39 is 0 Å². The van der Waals surface area contributed by atoms with Crippen LogP contribution in [0.2, 0.25) is 0 Å². The molecule has 0 aliphatic heterocycles. The van der Waals surface area contributed by atoms with E-state index in [4.69, 9.17) is 14.2 Å². The lowest BCUT2D eigenvalue weighted by Crippen LogP contribution is -1.97. The van der Waals surface area contributed by atoms with Crippen molar-refractivity contribution >= 4 is 11.8 Å². The van der Waals surface area contributed by atoms with Crippen LogP contribution in [0, 0.1) is 0 Å². The lowest BCUT2D eigenvalue weighted by atomic mass is 10.1. The average molecular weight is 369 g/mol. The maximum absolute atomic E-state index is 5.39. The number of pyridine rings is 1. The van der Waals surface area contributed by atoms with Crippen LogP contribution in [0.3, 0.4) is 0 Å². The maximum Gasteiger partial charge on any atom is 0.203 e. The Hall–Kier alpha value is -2.80. The minimum Gasteiger partial charge on any atom is -0.493 e. The fraction of sp³-hybridized carbons (Fsp3) is 0.211. The zero-order chi connectivity index (χ0) is 18.4. The summed E-state index contributed by atoms with van der Waals surface area (Å²) in [7, 11) is 4.75. The monoisotopic (exact) mass is 369 g/mol. The molecule has 2 aromatic heterocycles. The van der Waals surface area contributed by atoms with Crippen LogP contribution >= 0.6 is 11.8 Å². The lowest BCUT2D eigenvalue weighted by Gasteiger charge is -2.13. The molecule has 0 saturated heterocycles. The van der Waals surface area contributed by atoms with Gasteiger partial charge in [0, 0.05) is 17.5 Å². The molecular weight excluding hydrogens is 350 g/mol. The highest BCUT2D eigenvalue weighted by atomic mass is 32.2. The molecule has 0 bridgehead atoms. The zero-order valence-corrected chi connectivity index (χ0v) is 15.6. The van der Waals surface area contributed by atoms with E-state index in [1.165, 1.54) is 0 Å². The third kappa shape index (κ3) is 4.05. The van der Waals surface area contributed by atoms with E-state index in [9.17, 15) is 0 Å². The predicted octanol–water partition coefficient (Wildman–Crippen LogP) is 3.86. The van der Waals surface area contributed by atoms with E-state index in [0.717, 1.165) is 27.7 Å². The van der Waals surface area contributed by atoms with E-state index in [1.54, 1.807) is 39.3 Å². The summed E-state index contributed by atoms with van der Waals surface area (Å²) in [6.45, 7) is 0. The second kappa shape index (κ2) is 8.53. The number of rotatable bonds is 7. The highest BCUT2D eigenvalue weighted by molar-refractivity contribution is 7.98. The average Bonchev–Trinajstić information content (AvgIpc) is 2.72. The molecule has 1 aromatic carbocycles. The molecule has 0 N–H and O–H groups in total. The van der Waals surface area contributed by atoms with Crippen molar-refractivity contribution in [2.45, 2.75) is 10.8 Å². The summed E-state index contributed by atoms with van der Waals surface area (Å²) in [6.07, 6.45) is 1.79. The molecule has 0 fully saturated rings. The Morgan fingerprint density at radius 1 is 0.885 bits per heavy atom. The Morgan fingerprint density at radius 3 is 2.19 bits per heavy atom. The topological polar surface area (TPSA) is 66.4 Å². The molecule has 6 nitrogen and oxygen atoms in total. The molecule has 3 aromatic rings. The number of thioether (sulfide) groups is 1. The lowest BCUT2D eigenvalue weighted by molar-refractivity contribution is 0.324. The number of benzene rings is 1. The summed E-state index contributed by atoms with van der Waals surface area (Å²) in [5.74, 6) is 2.46. The Balaban J connectivity index is 1.80. The Kier molecular flexibility index (Phi) is 5.91. The highest BCUT2D eigenvalue weighted by Gasteiger charge is 2.15. The van der Waals surface area contributed by atoms with Gasteiger partial charge >= 0.3 is 0 Å². The van der Waals surface area contributed by atoms with Gasteiger partial charge in [-0.1, -0.05) is 17.8 Å². The van der Waals surface area contributed by atoms with Crippen molar-refractivity contribution in [3.63, 3.8) is 0 Å². The Bertz CT molecular complexity index is 833. The molecule has 0 saturated carbocycles. The first-order valence-corrected chi connectivity index (χ1v) is 8.90. The van der Waals surface area contributed by atoms with Crippen LogP contribution in [-0.4, -0.2) is 36.5 Å². The van der Waals surface area contributed by atoms with E-state index in [2.05, 4.69) is 15.2 Å². The first-order valence-electron chi connectivity index (χ1n) is 7.92. The first kappa shape index (κ1) is 18.0. The molecule has 3 rings (SSSR count). The summed E-state index contributed by atoms with van der Waals surface area (Å²) in [5.41, 5.74) is 2.58. The van der Waals surface area contributed by atoms with E-state index in [0.29, 0.717) is 17.2 Å². The van der Waals surface area contributed by atoms with Crippen molar-refractivity contribution in [1.29, 1.82) is 0 Å². The zero-order valence-electron chi connectivity index (χ0n) is 14.8. The van der Waals surface area contributed by atoms with Crippen LogP contribution in [0.4, 0.5) is 0 Å². The third-order valence-electron chi connectivity index (χ3n) is 3.69. The van der Waals surface area contributed by atoms with Gasteiger partial charge in [0.2, 0.25) is 5.75 Å². The molecule has 26 heavy (non-hydrogen) atoms. The van der Waals surface area contributed by atoms with Gasteiger partial charge in [-0.25, -0.2) is 0 Å². The van der Waals surface area contributed by atoms with Gasteiger partial charge in [0.25, 0.3) is 0 Å². The van der Waals surface area contributed by atoms with E-state index >= 15 is 0 Å². The van der Waals surface area contributed by atoms with Gasteiger partial charge in [0.05, 0.1) is 32.7 Å². The van der Waals surface area contributed by atoms with Crippen LogP contribution < -0.4 is 14.2 Å². The van der Waals surface area contributed by atoms with Crippen LogP contribution in [0.5, 0.6) is 17.2 Å². The molecule has 2 heterocycles. The number of aromatic nitrogens is 3. The van der Waals surface area contributed by atoms with Crippen molar-refractivity contribution < 1.29 is 14.2 Å². The largest absolute Gasteiger partial charge is 0.493 e. The van der Waals surface area contributed by atoms with Crippen molar-refractivity contribution in [3.05, 3.63) is 54.4 Å². The molecule has 0 aliphatic rings. The second-order valence-corrected chi connectivity index (χ2v) is 6.28. The number of ether oxygens (including phenoxy) is 3. The minimum atomic E-state index is 0.550. The molecule has 134 valence electrons. The fourth-order valence-corrected chi connectivity index (χ4v) is 3.14. The molecular formula is C19H19N3O3S. The smallest absolute Gasteiger partial charge is 0.203 e. The van der Waals surface area contributed by atoms with Crippen molar-refractivity contribution in [2.75, 3.05) is 21.3 Å². The minimum absolute atomic E-state index is 0.550. The molecule has 0 radical (unpaired) electrons. The van der Waals surface area contributed by atoms with Crippen molar-refractivity contribution in [3.8, 4) is 28.5 Å². The highest BCUT2D eigenvalue weighted by Crippen LogP contribution is 2.40. The molecule has 0 amide bonds. The Morgan fingerprint density at radius 2 is 1.65 bits per heavy atom. The normalized spacial score (nSPS) is 10.4. The van der Waals surface area contributed by atoms with Crippen LogP contribution in [-0.2, 0) is 5.75 Å². The van der Waals surface area contributed by atoms with Crippen LogP contribution in [0.25, 0.3) is 11.3 Å². The fourth-order valence-electron chi connectivity index (χ4n) is 2.41. The van der Waals surface area contributed by atoms with Gasteiger partial charge < -0.3 is 14.2 Å². The molecule has 0 atom stereocenters. The number of methoxy groups -OCH3 is 3. The summed E-state index contributed by atoms with van der Waals surface area (Å²) >= 11 is 1.59. The van der Waals surface area contributed by atoms with Gasteiger partial charge in [-0.05, 0) is 36.4 Å². The van der Waals surface area contributed by atoms with Gasteiger partial charge in [-0.15, -0.1) is 10.2 Å². The predicted molar refractivity (Wildman–Crippen MR) is 101 cm³/mol. The quantitative estimate of drug-likeness (QED) is 0.586. The second-order valence-electron chi connectivity index (χ2n) is 5.28. The van der Waals surface area contributed by atoms with E-state index in [1.807, 2.05) is 42.5 Å². The van der Waals surface area contributed by atoms with Gasteiger partial charge in [0.1, 0.15) is 5.03 Å². The Labute approximate surface area is 156 Å². The molecule has 0 aliphatic carbocycles. The number of hydrogen-bond acceptors (Lipinski definition) is 7. The summed E-state index contributed by atoms with van der Waals surface area (Å²) in [5, 5.41) is 9.46.